The molecule has 6 bridgehead atoms. The van der Waals surface area contributed by atoms with Crippen molar-refractivity contribution in [2.75, 3.05) is 4.90 Å². The molecule has 6 saturated carbocycles. The zero-order chi connectivity index (χ0) is 37.7. The molecule has 7 aromatic carbocycles. The van der Waals surface area contributed by atoms with E-state index in [2.05, 4.69) is 157 Å². The maximum Gasteiger partial charge on any atom is 0.0468 e. The highest BCUT2D eigenvalue weighted by Crippen LogP contribution is 2.70. The van der Waals surface area contributed by atoms with Crippen molar-refractivity contribution >= 4 is 27.8 Å². The summed E-state index contributed by atoms with van der Waals surface area (Å²) in [5.74, 6) is 5.01. The molecule has 0 amide bonds. The zero-order valence-electron chi connectivity index (χ0n) is 33.2. The third-order valence-electron chi connectivity index (χ3n) is 17.3. The largest absolute Gasteiger partial charge is 0.310 e. The van der Waals surface area contributed by atoms with Gasteiger partial charge in [-0.3, -0.25) is 0 Å². The van der Waals surface area contributed by atoms with E-state index >= 15 is 0 Å². The molecule has 7 aromatic rings. The van der Waals surface area contributed by atoms with Crippen LogP contribution in [0.1, 0.15) is 80.0 Å². The lowest BCUT2D eigenvalue weighted by molar-refractivity contribution is -0.0399. The van der Waals surface area contributed by atoms with Gasteiger partial charge in [0.2, 0.25) is 0 Å². The van der Waals surface area contributed by atoms with Crippen LogP contribution in [0.4, 0.5) is 17.1 Å². The first-order valence-corrected chi connectivity index (χ1v) is 22.5. The Morgan fingerprint density at radius 2 is 1.00 bits per heavy atom. The predicted molar refractivity (Wildman–Crippen MR) is 239 cm³/mol. The van der Waals surface area contributed by atoms with Crippen LogP contribution in [-0.4, -0.2) is 0 Å². The molecule has 282 valence electrons. The van der Waals surface area contributed by atoms with Crippen LogP contribution in [0, 0.1) is 35.5 Å². The summed E-state index contributed by atoms with van der Waals surface area (Å²) in [6.45, 7) is 0. The van der Waals surface area contributed by atoms with Crippen LogP contribution in [-0.2, 0) is 10.8 Å². The summed E-state index contributed by atoms with van der Waals surface area (Å²) in [6, 6.07) is 59.2. The van der Waals surface area contributed by atoms with Gasteiger partial charge in [-0.1, -0.05) is 122 Å². The molecule has 1 heteroatoms. The van der Waals surface area contributed by atoms with Crippen LogP contribution in [0.3, 0.4) is 0 Å². The van der Waals surface area contributed by atoms with Crippen molar-refractivity contribution in [2.24, 2.45) is 35.5 Å². The van der Waals surface area contributed by atoms with Crippen molar-refractivity contribution < 1.29 is 0 Å². The topological polar surface area (TPSA) is 3.24 Å². The SMILES string of the molecule is c1ccc2c(c1)-c1ccc(N(c3ccc(-c4cccc5ccccc45)cc3)c3ccc4c(c3)-c3ccccc3C43C4CC5CC(C4)CC3C5)cc1C21CC2CCC1C2. The molecule has 2 spiro atoms. The summed E-state index contributed by atoms with van der Waals surface area (Å²) in [7, 11) is 0. The average Bonchev–Trinajstić information content (AvgIpc) is 4.03. The molecular weight excluding hydrogens is 699 g/mol. The minimum Gasteiger partial charge on any atom is -0.310 e. The molecule has 8 aliphatic carbocycles. The minimum absolute atomic E-state index is 0.136. The number of hydrogen-bond acceptors (Lipinski definition) is 1. The molecular formula is C57H49N. The molecule has 0 saturated heterocycles. The summed E-state index contributed by atoms with van der Waals surface area (Å²) in [5.41, 5.74) is 19.0. The Morgan fingerprint density at radius 3 is 1.78 bits per heavy atom. The van der Waals surface area contributed by atoms with E-state index in [0.29, 0.717) is 0 Å². The van der Waals surface area contributed by atoms with Gasteiger partial charge in [0.25, 0.3) is 0 Å². The molecule has 0 aromatic heterocycles. The summed E-state index contributed by atoms with van der Waals surface area (Å²) < 4.78 is 0. The van der Waals surface area contributed by atoms with E-state index < -0.39 is 0 Å². The lowest BCUT2D eigenvalue weighted by atomic mass is 9.43. The lowest BCUT2D eigenvalue weighted by Crippen LogP contribution is -2.55. The fourth-order valence-corrected chi connectivity index (χ4v) is 15.5. The number of anilines is 3. The second-order valence-electron chi connectivity index (χ2n) is 19.7. The second kappa shape index (κ2) is 11.6. The average molecular weight is 748 g/mol. The molecule has 8 aliphatic rings. The molecule has 6 fully saturated rings. The molecule has 1 nitrogen and oxygen atoms in total. The van der Waals surface area contributed by atoms with Gasteiger partial charge in [0.05, 0.1) is 0 Å². The Bertz CT molecular complexity index is 2810. The van der Waals surface area contributed by atoms with Crippen LogP contribution < -0.4 is 4.90 Å². The van der Waals surface area contributed by atoms with Crippen LogP contribution in [0.25, 0.3) is 44.2 Å². The number of benzene rings is 7. The van der Waals surface area contributed by atoms with Crippen LogP contribution in [0.15, 0.2) is 152 Å². The van der Waals surface area contributed by atoms with Crippen molar-refractivity contribution in [2.45, 2.75) is 68.6 Å². The molecule has 15 rings (SSSR count). The summed E-state index contributed by atoms with van der Waals surface area (Å²) in [4.78, 5) is 2.60. The van der Waals surface area contributed by atoms with Gasteiger partial charge < -0.3 is 4.90 Å². The standard InChI is InChI=1S/C57H49N/c1-2-10-46-38(8-1)9-7-13-47(46)39-17-20-43(21-18-39)58(45-22-24-50-48-11-3-5-14-52(48)56(55(50)33-45)34-35-16-19-40(56)27-35)44-23-25-54-51(32-44)49-12-4-6-15-53(49)57(54)41-28-36-26-37(30-41)31-42(57)29-36/h1-15,17-18,20-25,32-33,35-37,40-42H,16,19,26-31,34H2. The predicted octanol–water partition coefficient (Wildman–Crippen LogP) is 14.8. The monoisotopic (exact) mass is 747 g/mol. The molecule has 58 heavy (non-hydrogen) atoms. The Morgan fingerprint density at radius 1 is 0.397 bits per heavy atom. The van der Waals surface area contributed by atoms with Crippen molar-refractivity contribution in [3.8, 4) is 33.4 Å². The fourth-order valence-electron chi connectivity index (χ4n) is 15.5. The third kappa shape index (κ3) is 4.13. The van der Waals surface area contributed by atoms with Crippen LogP contribution in [0.2, 0.25) is 0 Å². The van der Waals surface area contributed by atoms with Crippen LogP contribution >= 0.6 is 0 Å². The van der Waals surface area contributed by atoms with Gasteiger partial charge in [-0.05, 0) is 190 Å². The van der Waals surface area contributed by atoms with Crippen molar-refractivity contribution in [1.82, 2.24) is 0 Å². The van der Waals surface area contributed by atoms with E-state index in [1.807, 2.05) is 0 Å². The zero-order valence-corrected chi connectivity index (χ0v) is 33.2. The van der Waals surface area contributed by atoms with E-state index in [-0.39, 0.29) is 10.8 Å². The minimum atomic E-state index is 0.136. The number of hydrogen-bond donors (Lipinski definition) is 0. The summed E-state index contributed by atoms with van der Waals surface area (Å²) >= 11 is 0. The van der Waals surface area contributed by atoms with Gasteiger partial charge in [-0.2, -0.15) is 0 Å². The van der Waals surface area contributed by atoms with Crippen molar-refractivity contribution in [3.63, 3.8) is 0 Å². The van der Waals surface area contributed by atoms with Gasteiger partial charge in [0.15, 0.2) is 0 Å². The van der Waals surface area contributed by atoms with Crippen molar-refractivity contribution in [3.05, 3.63) is 174 Å². The fraction of sp³-hybridized carbons (Fsp3) is 0.298. The lowest BCUT2D eigenvalue weighted by Gasteiger charge is -2.61. The second-order valence-corrected chi connectivity index (χ2v) is 19.7. The van der Waals surface area contributed by atoms with Crippen molar-refractivity contribution in [1.29, 1.82) is 0 Å². The molecule has 0 aliphatic heterocycles. The highest BCUT2D eigenvalue weighted by molar-refractivity contribution is 5.97. The normalized spacial score (nSPS) is 29.9. The Labute approximate surface area is 342 Å². The quantitative estimate of drug-likeness (QED) is 0.173. The summed E-state index contributed by atoms with van der Waals surface area (Å²) in [6.07, 6.45) is 12.6. The number of rotatable bonds is 4. The first-order chi connectivity index (χ1) is 28.7. The Kier molecular flexibility index (Phi) is 6.52. The van der Waals surface area contributed by atoms with Gasteiger partial charge in [-0.15, -0.1) is 0 Å². The van der Waals surface area contributed by atoms with Gasteiger partial charge in [-0.25, -0.2) is 0 Å². The maximum absolute atomic E-state index is 2.63. The Balaban J connectivity index is 0.956. The van der Waals surface area contributed by atoms with E-state index in [4.69, 9.17) is 0 Å². The smallest absolute Gasteiger partial charge is 0.0468 e. The first kappa shape index (κ1) is 32.5. The Hall–Kier alpha value is -5.40. The van der Waals surface area contributed by atoms with Gasteiger partial charge in [0, 0.05) is 27.9 Å². The molecule has 3 unspecified atom stereocenters. The third-order valence-corrected chi connectivity index (χ3v) is 17.3. The van der Waals surface area contributed by atoms with Crippen LogP contribution in [0.5, 0.6) is 0 Å². The van der Waals surface area contributed by atoms with E-state index in [9.17, 15) is 0 Å². The van der Waals surface area contributed by atoms with E-state index in [0.717, 1.165) is 35.5 Å². The van der Waals surface area contributed by atoms with Gasteiger partial charge >= 0.3 is 0 Å². The first-order valence-electron chi connectivity index (χ1n) is 22.5. The number of nitrogens with zero attached hydrogens (tertiary/aromatic N) is 1. The van der Waals surface area contributed by atoms with Gasteiger partial charge in [0.1, 0.15) is 0 Å². The number of fused-ring (bicyclic) bond motifs is 12. The molecule has 3 atom stereocenters. The van der Waals surface area contributed by atoms with E-state index in [1.54, 1.807) is 22.3 Å². The molecule has 0 N–H and O–H groups in total. The highest BCUT2D eigenvalue weighted by Gasteiger charge is 2.62. The molecule has 0 heterocycles. The maximum atomic E-state index is 2.63. The molecule has 0 radical (unpaired) electrons. The van der Waals surface area contributed by atoms with E-state index in [1.165, 1.54) is 119 Å². The highest BCUT2D eigenvalue weighted by atomic mass is 15.1. The summed E-state index contributed by atoms with van der Waals surface area (Å²) in [5, 5.41) is 2.59.